The lowest BCUT2D eigenvalue weighted by Gasteiger charge is -2.11. The monoisotopic (exact) mass is 374 g/mol. The quantitative estimate of drug-likeness (QED) is 0.812. The lowest BCUT2D eigenvalue weighted by atomic mass is 10.1. The second-order valence-electron chi connectivity index (χ2n) is 6.28. The van der Waals surface area contributed by atoms with Gasteiger partial charge in [0.05, 0.1) is 11.7 Å². The molecule has 1 aromatic carbocycles. The van der Waals surface area contributed by atoms with Gasteiger partial charge in [0, 0.05) is 17.0 Å². The van der Waals surface area contributed by atoms with Gasteiger partial charge in [-0.15, -0.1) is 11.3 Å². The highest BCUT2D eigenvalue weighted by atomic mass is 32.1. The third-order valence-corrected chi connectivity index (χ3v) is 5.56. The molecule has 0 radical (unpaired) electrons. The van der Waals surface area contributed by atoms with E-state index >= 15 is 0 Å². The fourth-order valence-corrected chi connectivity index (χ4v) is 3.92. The number of carbonyl (C=O) groups excluding carboxylic acids is 2. The van der Waals surface area contributed by atoms with Gasteiger partial charge in [-0.25, -0.2) is 0 Å². The van der Waals surface area contributed by atoms with Gasteiger partial charge in [-0.2, -0.15) is 0 Å². The number of nitrogens with two attached hydrogens (primary N) is 1. The van der Waals surface area contributed by atoms with Gasteiger partial charge in [-0.05, 0) is 56.5 Å². The zero-order valence-corrected chi connectivity index (χ0v) is 15.7. The first-order valence-corrected chi connectivity index (χ1v) is 9.33. The molecule has 1 unspecified atom stereocenters. The molecule has 0 bridgehead atoms. The van der Waals surface area contributed by atoms with Crippen molar-refractivity contribution in [2.75, 3.05) is 18.5 Å². The first-order chi connectivity index (χ1) is 12.5. The molecule has 1 saturated heterocycles. The van der Waals surface area contributed by atoms with Crippen LogP contribution in [0.3, 0.4) is 0 Å². The van der Waals surface area contributed by atoms with Crippen LogP contribution in [0.5, 0.6) is 5.75 Å². The van der Waals surface area contributed by atoms with E-state index in [0.29, 0.717) is 28.5 Å². The van der Waals surface area contributed by atoms with Gasteiger partial charge in [0.2, 0.25) is 0 Å². The normalized spacial score (nSPS) is 16.5. The summed E-state index contributed by atoms with van der Waals surface area (Å²) in [5.41, 5.74) is 7.09. The highest BCUT2D eigenvalue weighted by molar-refractivity contribution is 7.16. The molecule has 26 heavy (non-hydrogen) atoms. The Hall–Kier alpha value is -2.38. The number of carbonyl (C=O) groups is 2. The van der Waals surface area contributed by atoms with Gasteiger partial charge >= 0.3 is 0 Å². The topological polar surface area (TPSA) is 90.7 Å². The second-order valence-corrected chi connectivity index (χ2v) is 7.50. The van der Waals surface area contributed by atoms with Crippen LogP contribution in [0.25, 0.3) is 0 Å². The lowest BCUT2D eigenvalue weighted by molar-refractivity contribution is 0.0679. The predicted molar refractivity (Wildman–Crippen MR) is 101 cm³/mol. The second kappa shape index (κ2) is 7.88. The maximum atomic E-state index is 12.5. The minimum absolute atomic E-state index is 0.149. The van der Waals surface area contributed by atoms with E-state index in [-0.39, 0.29) is 12.0 Å². The number of anilines is 1. The molecular formula is C19H22N2O4S. The van der Waals surface area contributed by atoms with Crippen LogP contribution in [0, 0.1) is 13.8 Å². The van der Waals surface area contributed by atoms with Gasteiger partial charge in [0.25, 0.3) is 11.8 Å². The fourth-order valence-electron chi connectivity index (χ4n) is 2.85. The Morgan fingerprint density at radius 1 is 1.31 bits per heavy atom. The molecule has 2 heterocycles. The summed E-state index contributed by atoms with van der Waals surface area (Å²) in [6, 6.07) is 6.89. The average Bonchev–Trinajstić information content (AvgIpc) is 3.22. The number of ether oxygens (including phenoxy) is 2. The Labute approximate surface area is 156 Å². The molecule has 1 atom stereocenters. The molecule has 1 fully saturated rings. The number of hydrogen-bond donors (Lipinski definition) is 2. The number of aryl methyl sites for hydroxylation is 1. The highest BCUT2D eigenvalue weighted by Gasteiger charge is 2.20. The lowest BCUT2D eigenvalue weighted by Crippen LogP contribution is -2.17. The Morgan fingerprint density at radius 2 is 2.04 bits per heavy atom. The molecule has 2 aromatic rings. The van der Waals surface area contributed by atoms with Crippen LogP contribution in [0.1, 0.15) is 44.0 Å². The summed E-state index contributed by atoms with van der Waals surface area (Å²) >= 11 is 1.35. The third kappa shape index (κ3) is 4.05. The van der Waals surface area contributed by atoms with E-state index in [9.17, 15) is 9.59 Å². The highest BCUT2D eigenvalue weighted by Crippen LogP contribution is 2.32. The molecule has 1 aliphatic heterocycles. The van der Waals surface area contributed by atoms with Crippen LogP contribution in [0.15, 0.2) is 24.3 Å². The molecule has 1 aromatic heterocycles. The summed E-state index contributed by atoms with van der Waals surface area (Å²) < 4.78 is 11.2. The van der Waals surface area contributed by atoms with Crippen molar-refractivity contribution in [3.05, 3.63) is 45.8 Å². The molecule has 0 saturated carbocycles. The first-order valence-electron chi connectivity index (χ1n) is 8.51. The van der Waals surface area contributed by atoms with Crippen LogP contribution in [-0.4, -0.2) is 31.1 Å². The Bertz CT molecular complexity index is 808. The molecule has 3 rings (SSSR count). The Kier molecular flexibility index (Phi) is 5.58. The van der Waals surface area contributed by atoms with Crippen LogP contribution in [0.2, 0.25) is 0 Å². The van der Waals surface area contributed by atoms with E-state index in [0.717, 1.165) is 29.9 Å². The van der Waals surface area contributed by atoms with E-state index < -0.39 is 5.91 Å². The Morgan fingerprint density at radius 3 is 2.65 bits per heavy atom. The zero-order valence-electron chi connectivity index (χ0n) is 14.8. The number of amides is 2. The minimum Gasteiger partial charge on any atom is -0.491 e. The molecule has 7 heteroatoms. The van der Waals surface area contributed by atoms with Crippen molar-refractivity contribution in [3.63, 3.8) is 0 Å². The third-order valence-electron chi connectivity index (χ3n) is 4.44. The summed E-state index contributed by atoms with van der Waals surface area (Å²) in [7, 11) is 0. The number of benzene rings is 1. The van der Waals surface area contributed by atoms with E-state index in [1.165, 1.54) is 11.3 Å². The Balaban J connectivity index is 1.65. The van der Waals surface area contributed by atoms with Gasteiger partial charge in [0.15, 0.2) is 0 Å². The largest absolute Gasteiger partial charge is 0.491 e. The van der Waals surface area contributed by atoms with Crippen LogP contribution < -0.4 is 15.8 Å². The van der Waals surface area contributed by atoms with Crippen molar-refractivity contribution in [3.8, 4) is 5.75 Å². The van der Waals surface area contributed by atoms with Crippen LogP contribution in [-0.2, 0) is 4.74 Å². The van der Waals surface area contributed by atoms with Crippen molar-refractivity contribution in [1.29, 1.82) is 0 Å². The van der Waals surface area contributed by atoms with Crippen molar-refractivity contribution in [2.24, 2.45) is 5.73 Å². The molecule has 0 spiro atoms. The molecule has 2 amide bonds. The molecule has 1 aliphatic rings. The van der Waals surface area contributed by atoms with Gasteiger partial charge < -0.3 is 20.5 Å². The van der Waals surface area contributed by atoms with Gasteiger partial charge in [-0.1, -0.05) is 0 Å². The van der Waals surface area contributed by atoms with Crippen molar-refractivity contribution in [2.45, 2.75) is 32.8 Å². The van der Waals surface area contributed by atoms with E-state index in [4.69, 9.17) is 15.2 Å². The summed E-state index contributed by atoms with van der Waals surface area (Å²) in [4.78, 5) is 25.1. The number of thiophene rings is 1. The molecular weight excluding hydrogens is 352 g/mol. The smallest absolute Gasteiger partial charge is 0.256 e. The molecule has 3 N–H and O–H groups in total. The van der Waals surface area contributed by atoms with Gasteiger partial charge in [0.1, 0.15) is 17.4 Å². The minimum atomic E-state index is -0.542. The van der Waals surface area contributed by atoms with Crippen molar-refractivity contribution in [1.82, 2.24) is 0 Å². The van der Waals surface area contributed by atoms with Crippen LogP contribution >= 0.6 is 11.3 Å². The number of hydrogen-bond acceptors (Lipinski definition) is 5. The maximum absolute atomic E-state index is 12.5. The zero-order chi connectivity index (χ0) is 18.7. The van der Waals surface area contributed by atoms with Crippen molar-refractivity contribution >= 4 is 28.2 Å². The number of rotatable bonds is 6. The SMILES string of the molecule is Cc1sc(NC(=O)c2ccc(OCC3CCCO3)cc2)c(C(N)=O)c1C. The number of primary amides is 1. The fraction of sp³-hybridized carbons (Fsp3) is 0.368. The first kappa shape index (κ1) is 18.4. The average molecular weight is 374 g/mol. The summed E-state index contributed by atoms with van der Waals surface area (Å²) in [6.07, 6.45) is 2.24. The maximum Gasteiger partial charge on any atom is 0.256 e. The van der Waals surface area contributed by atoms with Crippen LogP contribution in [0.4, 0.5) is 5.00 Å². The summed E-state index contributed by atoms with van der Waals surface area (Å²) in [5, 5.41) is 3.27. The van der Waals surface area contributed by atoms with E-state index in [2.05, 4.69) is 5.32 Å². The molecule has 6 nitrogen and oxygen atoms in total. The molecule has 0 aliphatic carbocycles. The number of nitrogens with one attached hydrogen (secondary N) is 1. The molecule has 138 valence electrons. The van der Waals surface area contributed by atoms with Crippen molar-refractivity contribution < 1.29 is 19.1 Å². The summed E-state index contributed by atoms with van der Waals surface area (Å²) in [6.45, 7) is 5.02. The predicted octanol–water partition coefficient (Wildman–Crippen LogP) is 3.27. The summed E-state index contributed by atoms with van der Waals surface area (Å²) in [5.74, 6) is -0.142. The standard InChI is InChI=1S/C19H22N2O4S/c1-11-12(2)26-19(16(11)17(20)22)21-18(23)13-5-7-14(8-6-13)25-10-15-4-3-9-24-15/h5-8,15H,3-4,9-10H2,1-2H3,(H2,20,22)(H,21,23). The van der Waals surface area contributed by atoms with E-state index in [1.54, 1.807) is 24.3 Å². The van der Waals surface area contributed by atoms with Gasteiger partial charge in [-0.3, -0.25) is 9.59 Å². The van der Waals surface area contributed by atoms with E-state index in [1.807, 2.05) is 13.8 Å².